The van der Waals surface area contributed by atoms with Gasteiger partial charge in [0.05, 0.1) is 51.3 Å². The fourth-order valence-corrected chi connectivity index (χ4v) is 2.87. The Morgan fingerprint density at radius 2 is 0.701 bits per heavy atom. The predicted molar refractivity (Wildman–Crippen MR) is 245 cm³/mol. The first-order valence-electron chi connectivity index (χ1n) is 20.5. The highest BCUT2D eigenvalue weighted by Crippen LogP contribution is 1.92. The van der Waals surface area contributed by atoms with Crippen molar-refractivity contribution in [2.24, 2.45) is 0 Å². The number of carbonyl (C=O) groups excluding carboxylic acids is 7. The van der Waals surface area contributed by atoms with Crippen LogP contribution < -0.4 is 0 Å². The minimum atomic E-state index is -3.49. The number of ether oxygens (including phenoxy) is 9. The van der Waals surface area contributed by atoms with Crippen molar-refractivity contribution >= 4 is 72.1 Å². The molecule has 0 fully saturated rings. The van der Waals surface area contributed by atoms with Crippen LogP contribution in [0.15, 0.2) is 0 Å². The van der Waals surface area contributed by atoms with E-state index in [0.29, 0.717) is 39.1 Å². The second kappa shape index (κ2) is 61.9. The molecule has 0 heterocycles. The Morgan fingerprint density at radius 3 is 0.896 bits per heavy atom. The Bertz CT molecular complexity index is 1500. The number of hydrogen-bond donors (Lipinski definition) is 0. The average molecular weight is 1050 g/mol. The molecule has 0 amide bonds. The Hall–Kier alpha value is -4.06. The normalized spacial score (nSPS) is 9.46. The molecule has 0 aromatic carbocycles. The molecule has 67 heavy (non-hydrogen) atoms. The zero-order valence-electron chi connectivity index (χ0n) is 42.8. The van der Waals surface area contributed by atoms with E-state index in [1.165, 1.54) is 48.7 Å². The van der Waals surface area contributed by atoms with E-state index < -0.39 is 49.1 Å². The average Bonchev–Trinajstić information content (AvgIpc) is 3.27. The SMILES string of the molecule is CCC(=O)OC.CCC(=O)OCOC(C)=O.CCOC.CCOC(=O)CC.CCOC(C)=O.CCOCOC(C)=O.CCOS(=O)(=O)CC.CCS(=O)(=O)OC.CCS(=O)(=O)OCOC(C)=O. The van der Waals surface area contributed by atoms with Crippen molar-refractivity contribution in [1.82, 2.24) is 0 Å². The summed E-state index contributed by atoms with van der Waals surface area (Å²) in [5.41, 5.74) is 0. The Kier molecular flexibility index (Phi) is 76.7. The van der Waals surface area contributed by atoms with E-state index in [4.69, 9.17) is 4.74 Å². The van der Waals surface area contributed by atoms with Gasteiger partial charge in [0.25, 0.3) is 30.4 Å². The van der Waals surface area contributed by atoms with Crippen molar-refractivity contribution in [3.05, 3.63) is 0 Å². The smallest absolute Gasteiger partial charge is 0.308 e. The number of rotatable bonds is 20. The molecule has 0 aromatic rings. The molecule has 406 valence electrons. The van der Waals surface area contributed by atoms with Gasteiger partial charge in [-0.1, -0.05) is 20.8 Å². The Labute approximate surface area is 400 Å². The molecular weight excluding hydrogens is 965 g/mol. The highest BCUT2D eigenvalue weighted by Gasteiger charge is 2.07. The van der Waals surface area contributed by atoms with E-state index in [0.717, 1.165) is 13.7 Å². The fraction of sp³-hybridized carbons (Fsp3) is 0.821. The van der Waals surface area contributed by atoms with Gasteiger partial charge < -0.3 is 42.6 Å². The van der Waals surface area contributed by atoms with Gasteiger partial charge in [0, 0.05) is 67.3 Å². The summed E-state index contributed by atoms with van der Waals surface area (Å²) in [4.78, 5) is 70.6. The topological polar surface area (TPSA) is 333 Å². The molecule has 0 aliphatic heterocycles. The number of hydrogen-bond acceptors (Lipinski definition) is 25. The number of methoxy groups -OCH3 is 2. The molecule has 0 radical (unpaired) electrons. The van der Waals surface area contributed by atoms with Gasteiger partial charge in [0.2, 0.25) is 13.6 Å². The van der Waals surface area contributed by atoms with Gasteiger partial charge in [-0.3, -0.25) is 41.9 Å². The van der Waals surface area contributed by atoms with Gasteiger partial charge in [-0.25, -0.2) is 4.18 Å². The maximum atomic E-state index is 10.6. The molecule has 0 unspecified atom stereocenters. The van der Waals surface area contributed by atoms with Crippen LogP contribution in [-0.4, -0.2) is 159 Å². The minimum Gasteiger partial charge on any atom is -0.469 e. The lowest BCUT2D eigenvalue weighted by molar-refractivity contribution is -0.165. The van der Waals surface area contributed by atoms with Crippen LogP contribution in [0.3, 0.4) is 0 Å². The van der Waals surface area contributed by atoms with Crippen molar-refractivity contribution in [1.29, 1.82) is 0 Å². The van der Waals surface area contributed by atoms with E-state index >= 15 is 0 Å². The summed E-state index contributed by atoms with van der Waals surface area (Å²) in [7, 11) is -5.61. The van der Waals surface area contributed by atoms with Crippen LogP contribution in [0.1, 0.15) is 123 Å². The summed E-state index contributed by atoms with van der Waals surface area (Å²) in [5.74, 6) is -2.23. The number of carbonyl (C=O) groups is 7. The second-order valence-electron chi connectivity index (χ2n) is 10.4. The lowest BCUT2D eigenvalue weighted by Crippen LogP contribution is -2.12. The molecule has 0 bridgehead atoms. The standard InChI is InChI=1S/C6H10O4.C5H10O5S.C5H10O3.C5H10O2.C4H10O3S.2C4H8O2.C3H8O3S.C3H8O/c1-3-6(8)10-4-9-5(2)7;1-3-11(7,8)10-4-9-5(2)6;1-3-7-4-8-5(2)6;1-3-5(6)7-4-2;1-3-7-8(5,6)4-2;1-3-4(5)6-2;1-3-6-4(2)5;1-3-7(4,5)6-2;1-3-4-2/h3-4H2,1-2H3;3-4H2,1-2H3;3-4H2,1-2H3;3-4H2,1-2H3;3-4H2,1-2H3;2*3H2,1-2H3;3H2,1-2H3;3H2,1-2H3. The third-order valence-corrected chi connectivity index (χ3v) is 8.85. The van der Waals surface area contributed by atoms with Crippen LogP contribution >= 0.6 is 0 Å². The molecule has 0 aliphatic carbocycles. The van der Waals surface area contributed by atoms with Crippen molar-refractivity contribution in [3.8, 4) is 0 Å². The van der Waals surface area contributed by atoms with Gasteiger partial charge in [-0.05, 0) is 55.4 Å². The molecule has 25 nitrogen and oxygen atoms in total. The number of esters is 7. The zero-order chi connectivity index (χ0) is 54.9. The van der Waals surface area contributed by atoms with E-state index in [-0.39, 0.29) is 67.3 Å². The van der Waals surface area contributed by atoms with Crippen molar-refractivity contribution in [2.45, 2.75) is 123 Å². The first kappa shape index (κ1) is 83.0. The van der Waals surface area contributed by atoms with Gasteiger partial charge in [-0.2, -0.15) is 25.3 Å². The van der Waals surface area contributed by atoms with Crippen LogP contribution in [-0.2, 0) is 119 Å². The third-order valence-electron chi connectivity index (χ3n) is 5.17. The van der Waals surface area contributed by atoms with E-state index in [1.807, 2.05) is 13.8 Å². The lowest BCUT2D eigenvalue weighted by Gasteiger charge is -2.01. The summed E-state index contributed by atoms with van der Waals surface area (Å²) in [6, 6.07) is 0. The predicted octanol–water partition coefficient (Wildman–Crippen LogP) is 3.98. The van der Waals surface area contributed by atoms with Gasteiger partial charge in [0.15, 0.2) is 6.79 Å². The quantitative estimate of drug-likeness (QED) is 0.0547. The van der Waals surface area contributed by atoms with Gasteiger partial charge in [0.1, 0.15) is 0 Å². The van der Waals surface area contributed by atoms with Gasteiger partial charge in [-0.15, -0.1) is 0 Å². The molecule has 0 saturated heterocycles. The van der Waals surface area contributed by atoms with E-state index in [2.05, 4.69) is 50.4 Å². The van der Waals surface area contributed by atoms with Crippen LogP contribution in [0.4, 0.5) is 0 Å². The van der Waals surface area contributed by atoms with Crippen molar-refractivity contribution < 1.29 is 114 Å². The molecule has 0 aromatic heterocycles. The first-order chi connectivity index (χ1) is 31.0. The monoisotopic (exact) mass is 1050 g/mol. The Morgan fingerprint density at radius 1 is 0.358 bits per heavy atom. The highest BCUT2D eigenvalue weighted by atomic mass is 32.2. The summed E-state index contributed by atoms with van der Waals surface area (Å²) in [6.45, 7) is 25.7. The summed E-state index contributed by atoms with van der Waals surface area (Å²) < 4.78 is 115. The fourth-order valence-electron chi connectivity index (χ4n) is 1.74. The summed E-state index contributed by atoms with van der Waals surface area (Å²) in [6.07, 6.45) is 1.24. The molecule has 0 atom stereocenters. The van der Waals surface area contributed by atoms with Crippen LogP contribution in [0.5, 0.6) is 0 Å². The molecule has 0 spiro atoms. The molecule has 28 heteroatoms. The second-order valence-corrected chi connectivity index (χ2v) is 16.3. The lowest BCUT2D eigenvalue weighted by atomic mass is 10.5. The molecule has 0 N–H and O–H groups in total. The van der Waals surface area contributed by atoms with Crippen LogP contribution in [0.25, 0.3) is 0 Å². The zero-order valence-corrected chi connectivity index (χ0v) is 45.3. The third kappa shape index (κ3) is 110. The summed E-state index contributed by atoms with van der Waals surface area (Å²) >= 11 is 0. The Balaban J connectivity index is -0.0000000816. The van der Waals surface area contributed by atoms with Crippen molar-refractivity contribution in [2.75, 3.05) is 92.0 Å². The first-order valence-corrected chi connectivity index (χ1v) is 25.2. The maximum absolute atomic E-state index is 10.6. The highest BCUT2D eigenvalue weighted by molar-refractivity contribution is 7.87. The van der Waals surface area contributed by atoms with Crippen LogP contribution in [0, 0.1) is 0 Å². The molecule has 0 aliphatic rings. The maximum Gasteiger partial charge on any atom is 0.308 e. The largest absolute Gasteiger partial charge is 0.469 e. The van der Waals surface area contributed by atoms with Crippen LogP contribution in [0.2, 0.25) is 0 Å². The van der Waals surface area contributed by atoms with E-state index in [1.54, 1.807) is 55.6 Å². The molecular formula is C39H82O25S3. The van der Waals surface area contributed by atoms with Crippen molar-refractivity contribution in [3.63, 3.8) is 0 Å². The summed E-state index contributed by atoms with van der Waals surface area (Å²) in [5, 5.41) is 0. The minimum absolute atomic E-state index is 0.0451. The van der Waals surface area contributed by atoms with E-state index in [9.17, 15) is 58.8 Å². The molecule has 0 saturated carbocycles. The van der Waals surface area contributed by atoms with Gasteiger partial charge >= 0.3 is 41.8 Å². The molecule has 0 rings (SSSR count).